The SMILES string of the molecule is CNC(=O)c1ccc(N)c(N(C)Cc2cccc(C)n2)c1. The van der Waals surface area contributed by atoms with E-state index >= 15 is 0 Å². The van der Waals surface area contributed by atoms with E-state index < -0.39 is 0 Å². The number of anilines is 2. The molecule has 110 valence electrons. The third-order valence-corrected chi connectivity index (χ3v) is 3.28. The number of hydrogen-bond acceptors (Lipinski definition) is 4. The van der Waals surface area contributed by atoms with Gasteiger partial charge in [0.05, 0.1) is 23.6 Å². The van der Waals surface area contributed by atoms with Crippen LogP contribution >= 0.6 is 0 Å². The summed E-state index contributed by atoms with van der Waals surface area (Å²) in [4.78, 5) is 18.2. The number of nitrogens with one attached hydrogen (secondary N) is 1. The van der Waals surface area contributed by atoms with Gasteiger partial charge in [0.25, 0.3) is 5.91 Å². The maximum Gasteiger partial charge on any atom is 0.251 e. The van der Waals surface area contributed by atoms with Crippen molar-refractivity contribution in [1.82, 2.24) is 10.3 Å². The molecule has 0 aliphatic carbocycles. The highest BCUT2D eigenvalue weighted by Gasteiger charge is 2.11. The zero-order chi connectivity index (χ0) is 15.4. The van der Waals surface area contributed by atoms with Crippen molar-refractivity contribution in [2.45, 2.75) is 13.5 Å². The van der Waals surface area contributed by atoms with E-state index in [0.29, 0.717) is 17.8 Å². The molecule has 5 heteroatoms. The molecule has 1 aromatic heterocycles. The molecule has 1 aromatic carbocycles. The number of carbonyl (C=O) groups is 1. The van der Waals surface area contributed by atoms with E-state index in [9.17, 15) is 4.79 Å². The van der Waals surface area contributed by atoms with Crippen LogP contribution in [-0.2, 0) is 6.54 Å². The molecule has 0 radical (unpaired) electrons. The Morgan fingerprint density at radius 1 is 1.33 bits per heavy atom. The fraction of sp³-hybridized carbons (Fsp3) is 0.250. The van der Waals surface area contributed by atoms with E-state index in [4.69, 9.17) is 5.73 Å². The predicted octanol–water partition coefficient (Wildman–Crippen LogP) is 1.97. The van der Waals surface area contributed by atoms with Crippen LogP contribution in [0.15, 0.2) is 36.4 Å². The zero-order valence-electron chi connectivity index (χ0n) is 12.6. The largest absolute Gasteiger partial charge is 0.397 e. The van der Waals surface area contributed by atoms with Gasteiger partial charge >= 0.3 is 0 Å². The number of amides is 1. The standard InChI is InChI=1S/C16H20N4O/c1-11-5-4-6-13(19-11)10-20(3)15-9-12(16(21)18-2)7-8-14(15)17/h4-9H,10,17H2,1-3H3,(H,18,21). The van der Waals surface area contributed by atoms with E-state index in [1.807, 2.05) is 37.1 Å². The Bertz CT molecular complexity index is 654. The van der Waals surface area contributed by atoms with Gasteiger partial charge in [0, 0.05) is 25.4 Å². The second kappa shape index (κ2) is 6.26. The number of benzene rings is 1. The number of pyridine rings is 1. The molecule has 0 saturated carbocycles. The first-order valence-electron chi connectivity index (χ1n) is 6.76. The maximum absolute atomic E-state index is 11.7. The van der Waals surface area contributed by atoms with Gasteiger partial charge in [0.1, 0.15) is 0 Å². The molecular formula is C16H20N4O. The summed E-state index contributed by atoms with van der Waals surface area (Å²) in [5.41, 5.74) is 10.0. The van der Waals surface area contributed by atoms with Crippen molar-refractivity contribution in [1.29, 1.82) is 0 Å². The topological polar surface area (TPSA) is 71.2 Å². The zero-order valence-corrected chi connectivity index (χ0v) is 12.6. The van der Waals surface area contributed by atoms with Gasteiger partial charge in [-0.25, -0.2) is 0 Å². The minimum atomic E-state index is -0.127. The Labute approximate surface area is 124 Å². The molecule has 2 aromatic rings. The van der Waals surface area contributed by atoms with Crippen LogP contribution in [0, 0.1) is 6.92 Å². The quantitative estimate of drug-likeness (QED) is 0.842. The third kappa shape index (κ3) is 3.51. The number of nitrogens with two attached hydrogens (primary N) is 1. The number of aromatic nitrogens is 1. The van der Waals surface area contributed by atoms with Crippen molar-refractivity contribution in [3.05, 3.63) is 53.3 Å². The Morgan fingerprint density at radius 2 is 2.10 bits per heavy atom. The summed E-state index contributed by atoms with van der Waals surface area (Å²) in [5, 5.41) is 2.61. The molecule has 3 N–H and O–H groups in total. The van der Waals surface area contributed by atoms with Crippen molar-refractivity contribution >= 4 is 17.3 Å². The Hall–Kier alpha value is -2.56. The summed E-state index contributed by atoms with van der Waals surface area (Å²) in [6.07, 6.45) is 0. The maximum atomic E-state index is 11.7. The smallest absolute Gasteiger partial charge is 0.251 e. The molecule has 0 fully saturated rings. The molecule has 1 amide bonds. The number of rotatable bonds is 4. The highest BCUT2D eigenvalue weighted by Crippen LogP contribution is 2.24. The van der Waals surface area contributed by atoms with Crippen LogP contribution in [0.1, 0.15) is 21.7 Å². The van der Waals surface area contributed by atoms with E-state index in [1.165, 1.54) is 0 Å². The summed E-state index contributed by atoms with van der Waals surface area (Å²) in [5.74, 6) is -0.127. The number of carbonyl (C=O) groups excluding carboxylic acids is 1. The lowest BCUT2D eigenvalue weighted by Crippen LogP contribution is -2.21. The molecule has 0 saturated heterocycles. The van der Waals surface area contributed by atoms with E-state index in [1.54, 1.807) is 25.2 Å². The molecule has 1 heterocycles. The van der Waals surface area contributed by atoms with Crippen molar-refractivity contribution in [2.75, 3.05) is 24.7 Å². The van der Waals surface area contributed by atoms with Crippen molar-refractivity contribution < 1.29 is 4.79 Å². The number of aryl methyl sites for hydroxylation is 1. The van der Waals surface area contributed by atoms with Crippen molar-refractivity contribution in [2.24, 2.45) is 0 Å². The van der Waals surface area contributed by atoms with Gasteiger partial charge in [-0.2, -0.15) is 0 Å². The molecule has 0 atom stereocenters. The lowest BCUT2D eigenvalue weighted by Gasteiger charge is -2.21. The van der Waals surface area contributed by atoms with Gasteiger partial charge in [-0.05, 0) is 37.3 Å². The summed E-state index contributed by atoms with van der Waals surface area (Å²) in [7, 11) is 3.54. The summed E-state index contributed by atoms with van der Waals surface area (Å²) in [6, 6.07) is 11.2. The second-order valence-electron chi connectivity index (χ2n) is 4.98. The summed E-state index contributed by atoms with van der Waals surface area (Å²) < 4.78 is 0. The van der Waals surface area contributed by atoms with Crippen LogP contribution in [0.4, 0.5) is 11.4 Å². The van der Waals surface area contributed by atoms with Crippen LogP contribution in [0.5, 0.6) is 0 Å². The molecular weight excluding hydrogens is 264 g/mol. The van der Waals surface area contributed by atoms with Crippen LogP contribution in [0.25, 0.3) is 0 Å². The second-order valence-corrected chi connectivity index (χ2v) is 4.98. The van der Waals surface area contributed by atoms with E-state index in [2.05, 4.69) is 10.3 Å². The molecule has 2 rings (SSSR count). The summed E-state index contributed by atoms with van der Waals surface area (Å²) >= 11 is 0. The minimum Gasteiger partial charge on any atom is -0.397 e. The average molecular weight is 284 g/mol. The Balaban J connectivity index is 2.26. The number of nitrogens with zero attached hydrogens (tertiary/aromatic N) is 2. The molecule has 5 nitrogen and oxygen atoms in total. The predicted molar refractivity (Wildman–Crippen MR) is 85.3 cm³/mol. The van der Waals surface area contributed by atoms with Gasteiger partial charge in [0.15, 0.2) is 0 Å². The molecule has 0 aliphatic rings. The van der Waals surface area contributed by atoms with Gasteiger partial charge in [-0.15, -0.1) is 0 Å². The summed E-state index contributed by atoms with van der Waals surface area (Å²) in [6.45, 7) is 2.59. The fourth-order valence-electron chi connectivity index (χ4n) is 2.18. The van der Waals surface area contributed by atoms with Crippen LogP contribution in [0.2, 0.25) is 0 Å². The van der Waals surface area contributed by atoms with Crippen molar-refractivity contribution in [3.63, 3.8) is 0 Å². The number of nitrogen functional groups attached to an aromatic ring is 1. The van der Waals surface area contributed by atoms with Crippen molar-refractivity contribution in [3.8, 4) is 0 Å². The molecule has 0 unspecified atom stereocenters. The van der Waals surface area contributed by atoms with E-state index in [-0.39, 0.29) is 5.91 Å². The monoisotopic (exact) mass is 284 g/mol. The fourth-order valence-corrected chi connectivity index (χ4v) is 2.18. The van der Waals surface area contributed by atoms with E-state index in [0.717, 1.165) is 17.1 Å². The highest BCUT2D eigenvalue weighted by atomic mass is 16.1. The first-order chi connectivity index (χ1) is 10.0. The highest BCUT2D eigenvalue weighted by molar-refractivity contribution is 5.96. The minimum absolute atomic E-state index is 0.127. The molecule has 0 bridgehead atoms. The average Bonchev–Trinajstić information content (AvgIpc) is 2.46. The molecule has 21 heavy (non-hydrogen) atoms. The first-order valence-corrected chi connectivity index (χ1v) is 6.76. The van der Waals surface area contributed by atoms with Gasteiger partial charge in [-0.1, -0.05) is 6.07 Å². The Morgan fingerprint density at radius 3 is 2.76 bits per heavy atom. The third-order valence-electron chi connectivity index (χ3n) is 3.28. The van der Waals surface area contributed by atoms with Crippen LogP contribution in [-0.4, -0.2) is 25.0 Å². The Kier molecular flexibility index (Phi) is 4.42. The molecule has 0 spiro atoms. The first kappa shape index (κ1) is 14.8. The molecule has 0 aliphatic heterocycles. The normalized spacial score (nSPS) is 10.2. The van der Waals surface area contributed by atoms with Gasteiger partial charge in [0.2, 0.25) is 0 Å². The lowest BCUT2D eigenvalue weighted by molar-refractivity contribution is 0.0963. The van der Waals surface area contributed by atoms with Gasteiger partial charge in [-0.3, -0.25) is 9.78 Å². The van der Waals surface area contributed by atoms with Gasteiger partial charge < -0.3 is 16.0 Å². The number of hydrogen-bond donors (Lipinski definition) is 2. The van der Waals surface area contributed by atoms with Crippen LogP contribution in [0.3, 0.4) is 0 Å². The lowest BCUT2D eigenvalue weighted by atomic mass is 10.1. The van der Waals surface area contributed by atoms with Crippen LogP contribution < -0.4 is 16.0 Å².